The number of aliphatic hydroxyl groups excluding tert-OH is 1. The van der Waals surface area contributed by atoms with Gasteiger partial charge in [0.15, 0.2) is 12.4 Å². The van der Waals surface area contributed by atoms with Gasteiger partial charge in [0.05, 0.1) is 16.7 Å². The molecule has 2 heterocycles. The van der Waals surface area contributed by atoms with Crippen LogP contribution in [0.3, 0.4) is 0 Å². The van der Waals surface area contributed by atoms with Gasteiger partial charge >= 0.3 is 0 Å². The van der Waals surface area contributed by atoms with Crippen molar-refractivity contribution in [3.05, 3.63) is 22.2 Å². The molecule has 1 amide bonds. The SMILES string of the molecule is O=C1COc2cc([N+](=O)[O-])c(N3CCC(CO)CC3)cc2N1. The number of aliphatic hydroxyl groups is 1. The monoisotopic (exact) mass is 307 g/mol. The van der Waals surface area contributed by atoms with E-state index in [1.165, 1.54) is 6.07 Å². The lowest BCUT2D eigenvalue weighted by atomic mass is 9.97. The highest BCUT2D eigenvalue weighted by Crippen LogP contribution is 2.40. The number of fused-ring (bicyclic) bond motifs is 1. The summed E-state index contributed by atoms with van der Waals surface area (Å²) in [6, 6.07) is 2.96. The predicted molar refractivity (Wildman–Crippen MR) is 79.2 cm³/mol. The highest BCUT2D eigenvalue weighted by atomic mass is 16.6. The van der Waals surface area contributed by atoms with Crippen molar-refractivity contribution in [1.29, 1.82) is 0 Å². The van der Waals surface area contributed by atoms with E-state index in [2.05, 4.69) is 5.32 Å². The molecule has 0 saturated carbocycles. The van der Waals surface area contributed by atoms with Crippen LogP contribution in [0.5, 0.6) is 5.75 Å². The van der Waals surface area contributed by atoms with Gasteiger partial charge in [-0.2, -0.15) is 0 Å². The van der Waals surface area contributed by atoms with Gasteiger partial charge in [-0.1, -0.05) is 0 Å². The second kappa shape index (κ2) is 5.80. The minimum absolute atomic E-state index is 0.0302. The summed E-state index contributed by atoms with van der Waals surface area (Å²) in [5, 5.41) is 23.2. The Morgan fingerprint density at radius 1 is 1.41 bits per heavy atom. The van der Waals surface area contributed by atoms with Crippen LogP contribution >= 0.6 is 0 Å². The molecule has 2 N–H and O–H groups in total. The molecule has 0 aromatic heterocycles. The molecular formula is C14H17N3O5. The lowest BCUT2D eigenvalue weighted by Crippen LogP contribution is -2.35. The molecule has 1 fully saturated rings. The van der Waals surface area contributed by atoms with Crippen LogP contribution in [0, 0.1) is 16.0 Å². The van der Waals surface area contributed by atoms with Crippen LogP contribution in [0.25, 0.3) is 0 Å². The van der Waals surface area contributed by atoms with Crippen LogP contribution in [0.1, 0.15) is 12.8 Å². The zero-order valence-electron chi connectivity index (χ0n) is 11.9. The molecule has 0 bridgehead atoms. The van der Waals surface area contributed by atoms with Crippen molar-refractivity contribution in [1.82, 2.24) is 0 Å². The molecule has 1 saturated heterocycles. The van der Waals surface area contributed by atoms with Crippen molar-refractivity contribution in [2.75, 3.05) is 36.5 Å². The van der Waals surface area contributed by atoms with Gasteiger partial charge in [0.1, 0.15) is 5.69 Å². The highest BCUT2D eigenvalue weighted by molar-refractivity contribution is 5.96. The number of nitrogens with zero attached hydrogens (tertiary/aromatic N) is 2. The summed E-state index contributed by atoms with van der Waals surface area (Å²) >= 11 is 0. The molecule has 1 aromatic rings. The predicted octanol–water partition coefficient (Wildman–Crippen LogP) is 1.13. The van der Waals surface area contributed by atoms with Crippen molar-refractivity contribution in [2.45, 2.75) is 12.8 Å². The maximum absolute atomic E-state index is 11.4. The molecule has 8 nitrogen and oxygen atoms in total. The molecule has 0 atom stereocenters. The number of piperidine rings is 1. The first-order chi connectivity index (χ1) is 10.6. The number of hydrogen-bond donors (Lipinski definition) is 2. The molecule has 0 spiro atoms. The number of rotatable bonds is 3. The van der Waals surface area contributed by atoms with E-state index in [1.54, 1.807) is 6.07 Å². The minimum Gasteiger partial charge on any atom is -0.481 e. The fourth-order valence-electron chi connectivity index (χ4n) is 2.86. The molecule has 8 heteroatoms. The molecule has 0 aliphatic carbocycles. The topological polar surface area (TPSA) is 105 Å². The number of nitro benzene ring substituents is 1. The number of hydrogen-bond acceptors (Lipinski definition) is 6. The third kappa shape index (κ3) is 2.69. The number of amides is 1. The average molecular weight is 307 g/mol. The molecule has 1 aromatic carbocycles. The number of benzene rings is 1. The number of carbonyl (C=O) groups is 1. The van der Waals surface area contributed by atoms with Crippen LogP contribution in [-0.4, -0.2) is 42.2 Å². The van der Waals surface area contributed by atoms with Gasteiger partial charge in [0, 0.05) is 19.7 Å². The molecule has 2 aliphatic heterocycles. The van der Waals surface area contributed by atoms with E-state index >= 15 is 0 Å². The highest BCUT2D eigenvalue weighted by Gasteiger charge is 2.28. The number of ether oxygens (including phenoxy) is 1. The van der Waals surface area contributed by atoms with E-state index < -0.39 is 4.92 Å². The Kier molecular flexibility index (Phi) is 3.84. The molecule has 22 heavy (non-hydrogen) atoms. The normalized spacial score (nSPS) is 18.4. The summed E-state index contributed by atoms with van der Waals surface area (Å²) in [6.45, 7) is 1.29. The van der Waals surface area contributed by atoms with Gasteiger partial charge in [-0.3, -0.25) is 14.9 Å². The quantitative estimate of drug-likeness (QED) is 0.641. The first-order valence-electron chi connectivity index (χ1n) is 7.19. The van der Waals surface area contributed by atoms with Gasteiger partial charge in [0.2, 0.25) is 0 Å². The molecule has 0 radical (unpaired) electrons. The standard InChI is InChI=1S/C14H17N3O5/c18-7-9-1-3-16(4-2-9)11-5-10-13(6-12(11)17(20)21)22-8-14(19)15-10/h5-6,9,18H,1-4,7-8H2,(H,15,19). The maximum atomic E-state index is 11.4. The van der Waals surface area contributed by atoms with Crippen LogP contribution < -0.4 is 15.0 Å². The Hall–Kier alpha value is -2.35. The van der Waals surface area contributed by atoms with Crippen molar-refractivity contribution >= 4 is 23.0 Å². The smallest absolute Gasteiger partial charge is 0.296 e. The van der Waals surface area contributed by atoms with E-state index in [9.17, 15) is 20.0 Å². The fraction of sp³-hybridized carbons (Fsp3) is 0.500. The minimum atomic E-state index is -0.437. The molecule has 3 rings (SSSR count). The Morgan fingerprint density at radius 2 is 2.14 bits per heavy atom. The zero-order valence-corrected chi connectivity index (χ0v) is 11.9. The Balaban J connectivity index is 1.93. The summed E-state index contributed by atoms with van der Waals surface area (Å²) in [7, 11) is 0. The first-order valence-corrected chi connectivity index (χ1v) is 7.19. The van der Waals surface area contributed by atoms with Crippen LogP contribution in [-0.2, 0) is 4.79 Å². The summed E-state index contributed by atoms with van der Waals surface area (Å²) in [5.41, 5.74) is 0.907. The molecule has 0 unspecified atom stereocenters. The summed E-state index contributed by atoms with van der Waals surface area (Å²) in [4.78, 5) is 24.2. The number of nitro groups is 1. The molecule has 2 aliphatic rings. The molecular weight excluding hydrogens is 290 g/mol. The first kappa shape index (κ1) is 14.6. The van der Waals surface area contributed by atoms with Crippen molar-refractivity contribution in [3.8, 4) is 5.75 Å². The lowest BCUT2D eigenvalue weighted by molar-refractivity contribution is -0.384. The van der Waals surface area contributed by atoms with Crippen molar-refractivity contribution in [2.24, 2.45) is 5.92 Å². The van der Waals surface area contributed by atoms with Gasteiger partial charge < -0.3 is 20.1 Å². The van der Waals surface area contributed by atoms with Gasteiger partial charge in [-0.15, -0.1) is 0 Å². The Bertz CT molecular complexity index is 611. The van der Waals surface area contributed by atoms with Gasteiger partial charge in [-0.05, 0) is 24.8 Å². The van der Waals surface area contributed by atoms with Crippen LogP contribution in [0.4, 0.5) is 17.1 Å². The molecule has 118 valence electrons. The number of nitrogens with one attached hydrogen (secondary N) is 1. The van der Waals surface area contributed by atoms with Crippen molar-refractivity contribution in [3.63, 3.8) is 0 Å². The van der Waals surface area contributed by atoms with Gasteiger partial charge in [-0.25, -0.2) is 0 Å². The summed E-state index contributed by atoms with van der Waals surface area (Å²) < 4.78 is 5.24. The van der Waals surface area contributed by atoms with E-state index in [-0.39, 0.29) is 30.7 Å². The number of carbonyl (C=O) groups excluding carboxylic acids is 1. The summed E-state index contributed by atoms with van der Waals surface area (Å²) in [5.74, 6) is 0.294. The Labute approximate surface area is 126 Å². The maximum Gasteiger partial charge on any atom is 0.296 e. The zero-order chi connectivity index (χ0) is 15.7. The largest absolute Gasteiger partial charge is 0.481 e. The van der Waals surface area contributed by atoms with Crippen LogP contribution in [0.15, 0.2) is 12.1 Å². The van der Waals surface area contributed by atoms with E-state index in [1.807, 2.05) is 4.90 Å². The third-order valence-corrected chi connectivity index (χ3v) is 4.12. The third-order valence-electron chi connectivity index (χ3n) is 4.12. The van der Waals surface area contributed by atoms with Crippen LogP contribution in [0.2, 0.25) is 0 Å². The number of anilines is 2. The van der Waals surface area contributed by atoms with Gasteiger partial charge in [0.25, 0.3) is 11.6 Å². The van der Waals surface area contributed by atoms with Crippen molar-refractivity contribution < 1.29 is 19.6 Å². The second-order valence-electron chi connectivity index (χ2n) is 5.54. The van der Waals surface area contributed by atoms with E-state index in [0.717, 1.165) is 12.8 Å². The average Bonchev–Trinajstić information content (AvgIpc) is 2.53. The fourth-order valence-corrected chi connectivity index (χ4v) is 2.86. The second-order valence-corrected chi connectivity index (χ2v) is 5.54. The Morgan fingerprint density at radius 3 is 2.77 bits per heavy atom. The van der Waals surface area contributed by atoms with E-state index in [4.69, 9.17) is 4.74 Å². The van der Waals surface area contributed by atoms with E-state index in [0.29, 0.717) is 30.2 Å². The summed E-state index contributed by atoms with van der Waals surface area (Å²) in [6.07, 6.45) is 1.57. The lowest BCUT2D eigenvalue weighted by Gasteiger charge is -2.33.